The third-order valence-electron chi connectivity index (χ3n) is 12.0. The number of cyclic esters (lactones) is 1. The van der Waals surface area contributed by atoms with Gasteiger partial charge in [-0.3, -0.25) is 32.5 Å². The Morgan fingerprint density at radius 3 is 2.41 bits per heavy atom. The number of nitrogen functional groups attached to an aromatic ring is 1. The summed E-state index contributed by atoms with van der Waals surface area (Å²) in [5.74, 6) is -1.67. The molecule has 8 atom stereocenters. The number of fused-ring (bicyclic) bond motifs is 2. The summed E-state index contributed by atoms with van der Waals surface area (Å²) in [6.07, 6.45) is -3.14. The van der Waals surface area contributed by atoms with Gasteiger partial charge in [-0.1, -0.05) is 43.3 Å². The number of nitrogens with one attached hydrogen (secondary N) is 2. The summed E-state index contributed by atoms with van der Waals surface area (Å²) in [6.45, 7) is 5.68. The number of phenolic OH excluding ortho intramolecular Hbond substituents is 1. The van der Waals surface area contributed by atoms with Gasteiger partial charge in [0, 0.05) is 48.2 Å². The second kappa shape index (κ2) is 26.3. The van der Waals surface area contributed by atoms with Crippen LogP contribution in [0.5, 0.6) is 11.5 Å². The molecule has 2 unspecified atom stereocenters. The molecule has 33 heteroatoms. The van der Waals surface area contributed by atoms with Gasteiger partial charge in [-0.05, 0) is 51.2 Å². The molecule has 2 amide bonds. The van der Waals surface area contributed by atoms with Gasteiger partial charge in [0.25, 0.3) is 0 Å². The van der Waals surface area contributed by atoms with Crippen molar-refractivity contribution in [2.24, 2.45) is 5.41 Å². The Balaban J connectivity index is 0.973. The summed E-state index contributed by atoms with van der Waals surface area (Å²) in [7, 11) is -15.0. The van der Waals surface area contributed by atoms with E-state index in [0.29, 0.717) is 41.7 Å². The van der Waals surface area contributed by atoms with Crippen LogP contribution in [0.15, 0.2) is 36.0 Å². The van der Waals surface area contributed by atoms with Gasteiger partial charge in [0.05, 0.1) is 32.8 Å². The number of thioether (sulfide) groups is 1. The number of carbonyl (C=O) groups is 4. The number of phenols is 1. The minimum absolute atomic E-state index is 0.0153. The predicted octanol–water partition coefficient (Wildman–Crippen LogP) is 2.02. The smallest absolute Gasteiger partial charge is 0.481 e. The van der Waals surface area contributed by atoms with Crippen LogP contribution in [-0.2, 0) is 68.5 Å². The van der Waals surface area contributed by atoms with Crippen molar-refractivity contribution < 1.29 is 105 Å². The zero-order valence-corrected chi connectivity index (χ0v) is 45.5. The van der Waals surface area contributed by atoms with Gasteiger partial charge in [0.15, 0.2) is 22.8 Å². The van der Waals surface area contributed by atoms with Crippen molar-refractivity contribution >= 4 is 75.1 Å². The number of amides is 2. The minimum atomic E-state index is -5.62. The van der Waals surface area contributed by atoms with E-state index in [9.17, 15) is 72.9 Å². The number of rotatable bonds is 28. The fourth-order valence-corrected chi connectivity index (χ4v) is 11.3. The van der Waals surface area contributed by atoms with Gasteiger partial charge in [0.2, 0.25) is 11.8 Å². The molecule has 2 aromatic heterocycles. The molecule has 1 fully saturated rings. The van der Waals surface area contributed by atoms with E-state index in [1.54, 1.807) is 13.8 Å². The molecule has 0 bridgehead atoms. The number of carbonyl (C=O) groups excluding carboxylic acids is 4. The van der Waals surface area contributed by atoms with Crippen molar-refractivity contribution in [2.45, 2.75) is 110 Å². The summed E-state index contributed by atoms with van der Waals surface area (Å²) in [5, 5.41) is 47.7. The molecular weight excluding hydrogens is 1090 g/mol. The minimum Gasteiger partial charge on any atom is -0.507 e. The van der Waals surface area contributed by atoms with Crippen LogP contribution in [0.3, 0.4) is 0 Å². The molecule has 2 aliphatic rings. The fourth-order valence-electron chi connectivity index (χ4n) is 7.74. The Morgan fingerprint density at radius 1 is 1.03 bits per heavy atom. The second-order valence-electron chi connectivity index (χ2n) is 18.2. The highest BCUT2D eigenvalue weighted by atomic mass is 32.2. The maximum absolute atomic E-state index is 12.8. The van der Waals surface area contributed by atoms with E-state index in [2.05, 4.69) is 34.4 Å². The summed E-state index contributed by atoms with van der Waals surface area (Å²) < 4.78 is 73.1. The number of anilines is 1. The van der Waals surface area contributed by atoms with Crippen molar-refractivity contribution in [1.29, 1.82) is 0 Å². The number of aliphatic hydroxyl groups is 3. The van der Waals surface area contributed by atoms with Crippen molar-refractivity contribution in [3.63, 3.8) is 0 Å². The third-order valence-corrected chi connectivity index (χ3v) is 16.0. The van der Waals surface area contributed by atoms with Crippen LogP contribution in [0.2, 0.25) is 0 Å². The third kappa shape index (κ3) is 16.7. The number of nitrogens with zero attached hydrogens (tertiary/aromatic N) is 4. The standard InChI is InChI=1S/C43H62N7O22P3S/c1-22(10-11-25-33(54)31-26(17-67-42(31)58)24(3)35(25)66-6)8-7-9-23(2)27(51)16-30(53)76-15-14-45-29(52)12-13-46-40(57)37(56)43(4,5)19-69-75(64,65)72-74(62,63)68-18-28-36(71-73(59,60)61)34(55)41(70-28)50-21-49-32-38(44)47-20-48-39(32)50/h9-10,20-21,27-28,34,36-37,41,51,54-56H,7-8,11-19H2,1-6H3,(H,45,52)(H,46,57)(H,62,63)(H,64,65)(H2,44,47,48)(H2,59,60,61)/b22-10+,23-9+/t27-,28-,34-,36-,37+,41-/m1/s1. The first-order valence-electron chi connectivity index (χ1n) is 23.1. The van der Waals surface area contributed by atoms with E-state index in [4.69, 9.17) is 29.0 Å². The van der Waals surface area contributed by atoms with Crippen LogP contribution >= 0.6 is 35.2 Å². The molecule has 0 spiro atoms. The van der Waals surface area contributed by atoms with Crippen LogP contribution in [0.25, 0.3) is 11.2 Å². The molecule has 5 rings (SSSR count). The van der Waals surface area contributed by atoms with Crippen LogP contribution in [0.4, 0.5) is 5.82 Å². The van der Waals surface area contributed by atoms with Crippen molar-refractivity contribution in [1.82, 2.24) is 30.2 Å². The van der Waals surface area contributed by atoms with Gasteiger partial charge in [0.1, 0.15) is 59.9 Å². The summed E-state index contributed by atoms with van der Waals surface area (Å²) in [5.41, 5.74) is 7.74. The van der Waals surface area contributed by atoms with E-state index in [1.165, 1.54) is 21.0 Å². The average molecular weight is 1150 g/mol. The van der Waals surface area contributed by atoms with Crippen molar-refractivity contribution in [3.05, 3.63) is 58.2 Å². The zero-order valence-electron chi connectivity index (χ0n) is 42.0. The highest BCUT2D eigenvalue weighted by molar-refractivity contribution is 8.13. The van der Waals surface area contributed by atoms with Gasteiger partial charge in [-0.15, -0.1) is 0 Å². The fraction of sp³-hybridized carbons (Fsp3) is 0.558. The average Bonchev–Trinajstić information content (AvgIpc) is 4.03. The monoisotopic (exact) mass is 1150 g/mol. The number of aromatic hydroxyl groups is 1. The lowest BCUT2D eigenvalue weighted by Gasteiger charge is -2.30. The maximum atomic E-state index is 12.8. The lowest BCUT2D eigenvalue weighted by atomic mass is 9.87. The van der Waals surface area contributed by atoms with Gasteiger partial charge in [-0.25, -0.2) is 33.4 Å². The summed E-state index contributed by atoms with van der Waals surface area (Å²) >= 11 is 0.906. The van der Waals surface area contributed by atoms with Crippen LogP contribution in [0, 0.1) is 12.3 Å². The van der Waals surface area contributed by atoms with Crippen LogP contribution in [-0.4, -0.2) is 152 Å². The number of benzene rings is 1. The van der Waals surface area contributed by atoms with E-state index in [1.807, 2.05) is 19.1 Å². The molecule has 4 heterocycles. The number of ether oxygens (including phenoxy) is 3. The highest BCUT2D eigenvalue weighted by Gasteiger charge is 2.50. The number of hydrogen-bond donors (Lipinski definition) is 11. The first-order chi connectivity index (χ1) is 35.5. The summed E-state index contributed by atoms with van der Waals surface area (Å²) in [6, 6.07) is 0. The van der Waals surface area contributed by atoms with Gasteiger partial charge < -0.3 is 70.6 Å². The number of hydrogen-bond acceptors (Lipinski definition) is 23. The number of nitrogens with two attached hydrogens (primary N) is 1. The van der Waals surface area contributed by atoms with Gasteiger partial charge >= 0.3 is 29.4 Å². The summed E-state index contributed by atoms with van der Waals surface area (Å²) in [4.78, 5) is 101. The molecule has 3 aromatic rings. The molecule has 422 valence electrons. The van der Waals surface area contributed by atoms with Crippen LogP contribution in [0.1, 0.15) is 86.7 Å². The number of methoxy groups -OCH3 is 1. The first-order valence-corrected chi connectivity index (χ1v) is 28.6. The molecule has 2 aliphatic heterocycles. The van der Waals surface area contributed by atoms with E-state index in [-0.39, 0.29) is 71.7 Å². The number of imidazole rings is 1. The largest absolute Gasteiger partial charge is 0.507 e. The number of aliphatic hydroxyl groups excluding tert-OH is 3. The Hall–Kier alpha value is -4.71. The number of esters is 1. The highest BCUT2D eigenvalue weighted by Crippen LogP contribution is 2.61. The molecule has 12 N–H and O–H groups in total. The van der Waals surface area contributed by atoms with Gasteiger partial charge in [-0.2, -0.15) is 4.31 Å². The van der Waals surface area contributed by atoms with Crippen molar-refractivity contribution in [2.75, 3.05) is 44.9 Å². The molecule has 0 aliphatic carbocycles. The van der Waals surface area contributed by atoms with E-state index in [0.717, 1.165) is 40.1 Å². The molecule has 76 heavy (non-hydrogen) atoms. The molecule has 1 saturated heterocycles. The Kier molecular flexibility index (Phi) is 21.5. The number of aromatic nitrogens is 4. The number of phosphoric ester groups is 3. The molecule has 1 aromatic carbocycles. The Morgan fingerprint density at radius 2 is 1.72 bits per heavy atom. The molecular formula is C43H62N7O22P3S. The second-order valence-corrected chi connectivity index (χ2v) is 23.6. The molecule has 0 radical (unpaired) electrons. The molecule has 29 nitrogen and oxygen atoms in total. The normalized spacial score (nSPS) is 20.6. The van der Waals surface area contributed by atoms with Crippen LogP contribution < -0.4 is 21.1 Å². The Bertz CT molecular complexity index is 2840. The zero-order chi connectivity index (χ0) is 56.5. The predicted molar refractivity (Wildman–Crippen MR) is 267 cm³/mol. The van der Waals surface area contributed by atoms with Crippen molar-refractivity contribution in [3.8, 4) is 11.5 Å². The lowest BCUT2D eigenvalue weighted by Crippen LogP contribution is -2.46. The van der Waals surface area contributed by atoms with E-state index >= 15 is 0 Å². The number of phosphoric acid groups is 3. The Labute approximate surface area is 439 Å². The SMILES string of the molecule is COc1c(C)c2c(c(O)c1C/C=C(\C)CC/C=C(\C)[C@H](O)CC(=O)SCCNC(=O)CCNC(=O)[C@H](O)C(C)(C)COP(=O)(O)OP(=O)(O)OC[C@H]1O[C@@H](n3cnc4c(N)ncnc43)[C@H](O)[C@@H]1OP(=O)(O)O)C(=O)OC2. The van der Waals surface area contributed by atoms with E-state index < -0.39 is 96.6 Å². The number of allylic oxidation sites excluding steroid dienone is 3. The maximum Gasteiger partial charge on any atom is 0.481 e. The first kappa shape index (κ1) is 62.1. The lowest BCUT2D eigenvalue weighted by molar-refractivity contribution is -0.137. The topological polar surface area (TPSA) is 440 Å². The molecule has 0 saturated carbocycles. The quantitative estimate of drug-likeness (QED) is 0.0214.